The highest BCUT2D eigenvalue weighted by molar-refractivity contribution is 7.99. The Bertz CT molecular complexity index is 778. The molecule has 0 aliphatic heterocycles. The fourth-order valence-electron chi connectivity index (χ4n) is 3.33. The van der Waals surface area contributed by atoms with Gasteiger partial charge in [-0.3, -0.25) is 4.79 Å². The maximum atomic E-state index is 12.3. The molecule has 7 nitrogen and oxygen atoms in total. The second-order valence-corrected chi connectivity index (χ2v) is 8.09. The Hall–Kier alpha value is -2.22. The summed E-state index contributed by atoms with van der Waals surface area (Å²) in [6, 6.07) is 7.69. The van der Waals surface area contributed by atoms with Crippen LogP contribution in [0.15, 0.2) is 29.4 Å². The third-order valence-corrected chi connectivity index (χ3v) is 6.16. The zero-order valence-corrected chi connectivity index (χ0v) is 17.5. The van der Waals surface area contributed by atoms with Gasteiger partial charge in [-0.2, -0.15) is 0 Å². The molecule has 0 radical (unpaired) electrons. The average molecular weight is 405 g/mol. The number of carbonyl (C=O) groups is 1. The number of rotatable bonds is 8. The summed E-state index contributed by atoms with van der Waals surface area (Å²) < 4.78 is 12.8. The number of hydrogen-bond donors (Lipinski definition) is 1. The van der Waals surface area contributed by atoms with Crippen molar-refractivity contribution >= 4 is 17.7 Å². The van der Waals surface area contributed by atoms with Gasteiger partial charge >= 0.3 is 0 Å². The van der Waals surface area contributed by atoms with Crippen LogP contribution in [0.25, 0.3) is 0 Å². The molecule has 28 heavy (non-hydrogen) atoms. The van der Waals surface area contributed by atoms with E-state index >= 15 is 0 Å². The van der Waals surface area contributed by atoms with E-state index in [0.717, 1.165) is 17.9 Å². The molecular weight excluding hydrogens is 376 g/mol. The molecule has 3 rings (SSSR count). The van der Waals surface area contributed by atoms with Crippen molar-refractivity contribution in [3.63, 3.8) is 0 Å². The van der Waals surface area contributed by atoms with Crippen LogP contribution in [0.5, 0.6) is 11.5 Å². The van der Waals surface area contributed by atoms with E-state index < -0.39 is 0 Å². The fraction of sp³-hybridized carbons (Fsp3) is 0.550. The first kappa shape index (κ1) is 20.5. The van der Waals surface area contributed by atoms with Crippen molar-refractivity contribution in [2.24, 2.45) is 13.0 Å². The molecule has 8 heteroatoms. The summed E-state index contributed by atoms with van der Waals surface area (Å²) in [4.78, 5) is 12.3. The first-order valence-electron chi connectivity index (χ1n) is 9.64. The molecule has 1 N–H and O–H groups in total. The van der Waals surface area contributed by atoms with Crippen molar-refractivity contribution in [3.05, 3.63) is 30.1 Å². The molecule has 1 saturated carbocycles. The summed E-state index contributed by atoms with van der Waals surface area (Å²) in [6.45, 7) is 2.52. The number of carbonyl (C=O) groups excluding carboxylic acids is 1. The fourth-order valence-corrected chi connectivity index (χ4v) is 4.07. The van der Waals surface area contributed by atoms with Gasteiger partial charge < -0.3 is 19.4 Å². The Morgan fingerprint density at radius 1 is 1.21 bits per heavy atom. The van der Waals surface area contributed by atoms with Crippen LogP contribution in [0.3, 0.4) is 0 Å². The van der Waals surface area contributed by atoms with E-state index in [1.165, 1.54) is 31.0 Å². The van der Waals surface area contributed by atoms with Gasteiger partial charge in [-0.25, -0.2) is 0 Å². The highest BCUT2D eigenvalue weighted by atomic mass is 32.2. The number of methoxy groups -OCH3 is 1. The van der Waals surface area contributed by atoms with E-state index in [4.69, 9.17) is 9.47 Å². The minimum absolute atomic E-state index is 0.0581. The topological polar surface area (TPSA) is 78.3 Å². The molecule has 0 unspecified atom stereocenters. The maximum absolute atomic E-state index is 12.3. The number of amides is 1. The van der Waals surface area contributed by atoms with Crippen molar-refractivity contribution in [2.45, 2.75) is 50.4 Å². The Kier molecular flexibility index (Phi) is 7.19. The molecule has 0 saturated heterocycles. The maximum Gasteiger partial charge on any atom is 0.230 e. The zero-order valence-electron chi connectivity index (χ0n) is 16.7. The standard InChI is InChI=1S/C20H28N4O3S/c1-14-6-4-5-7-17(14)21-19(25)13-28-20-23-22-18(24(20)2)12-27-16-10-8-15(26-3)9-11-16/h8-11,14,17H,4-7,12-13H2,1-3H3,(H,21,25)/t14-,17+/m1/s1. The largest absolute Gasteiger partial charge is 0.497 e. The second-order valence-electron chi connectivity index (χ2n) is 7.15. The Labute approximate surface area is 170 Å². The van der Waals surface area contributed by atoms with Gasteiger partial charge in [0.1, 0.15) is 18.1 Å². The quantitative estimate of drug-likeness (QED) is 0.681. The van der Waals surface area contributed by atoms with E-state index in [1.54, 1.807) is 7.11 Å². The highest BCUT2D eigenvalue weighted by Crippen LogP contribution is 2.24. The van der Waals surface area contributed by atoms with Crippen molar-refractivity contribution in [1.29, 1.82) is 0 Å². The highest BCUT2D eigenvalue weighted by Gasteiger charge is 2.23. The van der Waals surface area contributed by atoms with Gasteiger partial charge in [-0.15, -0.1) is 10.2 Å². The van der Waals surface area contributed by atoms with E-state index in [2.05, 4.69) is 22.4 Å². The SMILES string of the molecule is COc1ccc(OCc2nnc(SCC(=O)N[C@H]3CCCC[C@H]3C)n2C)cc1. The molecule has 0 bridgehead atoms. The van der Waals surface area contributed by atoms with Gasteiger partial charge in [0.15, 0.2) is 11.0 Å². The normalized spacial score (nSPS) is 19.2. The second kappa shape index (κ2) is 9.82. The Balaban J connectivity index is 1.47. The van der Waals surface area contributed by atoms with Crippen LogP contribution < -0.4 is 14.8 Å². The summed E-state index contributed by atoms with van der Waals surface area (Å²) in [7, 11) is 3.51. The lowest BCUT2D eigenvalue weighted by atomic mass is 9.86. The molecule has 152 valence electrons. The number of hydrogen-bond acceptors (Lipinski definition) is 6. The predicted octanol–water partition coefficient (Wildman–Crippen LogP) is 3.19. The summed E-state index contributed by atoms with van der Waals surface area (Å²) in [5.41, 5.74) is 0. The molecule has 0 spiro atoms. The van der Waals surface area contributed by atoms with Crippen molar-refractivity contribution in [2.75, 3.05) is 12.9 Å². The lowest BCUT2D eigenvalue weighted by Crippen LogP contribution is -2.41. The minimum atomic E-state index is 0.0581. The van der Waals surface area contributed by atoms with Crippen LogP contribution in [0.1, 0.15) is 38.4 Å². The number of nitrogens with one attached hydrogen (secondary N) is 1. The van der Waals surface area contributed by atoms with Gasteiger partial charge in [0.2, 0.25) is 5.91 Å². The molecule has 1 amide bonds. The number of aromatic nitrogens is 3. The molecule has 2 atom stereocenters. The van der Waals surface area contributed by atoms with Crippen LogP contribution in [-0.2, 0) is 18.4 Å². The van der Waals surface area contributed by atoms with Crippen molar-refractivity contribution < 1.29 is 14.3 Å². The van der Waals surface area contributed by atoms with Gasteiger partial charge in [0.25, 0.3) is 0 Å². The van der Waals surface area contributed by atoms with Crippen molar-refractivity contribution in [3.8, 4) is 11.5 Å². The monoisotopic (exact) mass is 404 g/mol. The van der Waals surface area contributed by atoms with Gasteiger partial charge in [0, 0.05) is 13.1 Å². The minimum Gasteiger partial charge on any atom is -0.497 e. The summed E-state index contributed by atoms with van der Waals surface area (Å²) in [5.74, 6) is 3.18. The summed E-state index contributed by atoms with van der Waals surface area (Å²) >= 11 is 1.40. The van der Waals surface area contributed by atoms with Crippen LogP contribution >= 0.6 is 11.8 Å². The van der Waals surface area contributed by atoms with Crippen LogP contribution in [0, 0.1) is 5.92 Å². The number of thioether (sulfide) groups is 1. The Morgan fingerprint density at radius 2 is 1.93 bits per heavy atom. The van der Waals surface area contributed by atoms with Crippen LogP contribution in [-0.4, -0.2) is 39.6 Å². The molecule has 2 aromatic rings. The molecule has 1 aromatic heterocycles. The summed E-state index contributed by atoms with van der Waals surface area (Å²) in [5, 5.41) is 12.2. The average Bonchev–Trinajstić information content (AvgIpc) is 3.06. The third-order valence-electron chi connectivity index (χ3n) is 5.14. The van der Waals surface area contributed by atoms with E-state index in [9.17, 15) is 4.79 Å². The number of nitrogens with zero attached hydrogens (tertiary/aromatic N) is 3. The van der Waals surface area contributed by atoms with Gasteiger partial charge in [-0.1, -0.05) is 31.5 Å². The van der Waals surface area contributed by atoms with Crippen LogP contribution in [0.2, 0.25) is 0 Å². The number of ether oxygens (including phenoxy) is 2. The van der Waals surface area contributed by atoms with Gasteiger partial charge in [-0.05, 0) is 43.0 Å². The first-order valence-corrected chi connectivity index (χ1v) is 10.6. The predicted molar refractivity (Wildman–Crippen MR) is 109 cm³/mol. The smallest absolute Gasteiger partial charge is 0.230 e. The first-order chi connectivity index (χ1) is 13.6. The van der Waals surface area contributed by atoms with Gasteiger partial charge in [0.05, 0.1) is 12.9 Å². The third kappa shape index (κ3) is 5.41. The molecular formula is C20H28N4O3S. The van der Waals surface area contributed by atoms with Crippen molar-refractivity contribution in [1.82, 2.24) is 20.1 Å². The number of benzene rings is 1. The van der Waals surface area contributed by atoms with E-state index in [1.807, 2.05) is 35.9 Å². The summed E-state index contributed by atoms with van der Waals surface area (Å²) in [6.07, 6.45) is 4.74. The zero-order chi connectivity index (χ0) is 19.9. The van der Waals surface area contributed by atoms with E-state index in [-0.39, 0.29) is 5.91 Å². The van der Waals surface area contributed by atoms with Crippen LogP contribution in [0.4, 0.5) is 0 Å². The molecule has 1 aromatic carbocycles. The molecule has 1 aliphatic rings. The lowest BCUT2D eigenvalue weighted by molar-refractivity contribution is -0.119. The molecule has 1 fully saturated rings. The molecule has 1 aliphatic carbocycles. The van der Waals surface area contributed by atoms with E-state index in [0.29, 0.717) is 35.3 Å². The molecule has 1 heterocycles. The Morgan fingerprint density at radius 3 is 2.64 bits per heavy atom. The lowest BCUT2D eigenvalue weighted by Gasteiger charge is -2.29.